The zero-order valence-corrected chi connectivity index (χ0v) is 11.4. The van der Waals surface area contributed by atoms with Gasteiger partial charge in [0.15, 0.2) is 0 Å². The lowest BCUT2D eigenvalue weighted by atomic mass is 9.98. The predicted octanol–water partition coefficient (Wildman–Crippen LogP) is 2.09. The van der Waals surface area contributed by atoms with Gasteiger partial charge in [-0.3, -0.25) is 16.0 Å². The van der Waals surface area contributed by atoms with Gasteiger partial charge in [-0.15, -0.1) is 0 Å². The molecule has 1 aromatic carbocycles. The Morgan fingerprint density at radius 1 is 1.33 bits per heavy atom. The Morgan fingerprint density at radius 3 is 2.67 bits per heavy atom. The highest BCUT2D eigenvalue weighted by molar-refractivity contribution is 5.82. The predicted molar refractivity (Wildman–Crippen MR) is 75.1 cm³/mol. The molecular weight excluding hydrogens is 224 g/mol. The van der Waals surface area contributed by atoms with Crippen LogP contribution in [0.15, 0.2) is 24.3 Å². The average molecular weight is 246 g/mol. The SMILES string of the molecule is CCn1nc(CC(NN)C(C)C)c2ccccc21. The molecule has 0 aliphatic carbocycles. The van der Waals surface area contributed by atoms with Gasteiger partial charge in [-0.05, 0) is 18.9 Å². The molecule has 4 nitrogen and oxygen atoms in total. The van der Waals surface area contributed by atoms with E-state index in [0.29, 0.717) is 5.92 Å². The topological polar surface area (TPSA) is 55.9 Å². The highest BCUT2D eigenvalue weighted by Crippen LogP contribution is 2.20. The maximum absolute atomic E-state index is 5.62. The Bertz CT molecular complexity index is 515. The minimum Gasteiger partial charge on any atom is -0.271 e. The summed E-state index contributed by atoms with van der Waals surface area (Å²) in [6.45, 7) is 7.35. The molecule has 1 aromatic heterocycles. The fourth-order valence-electron chi connectivity index (χ4n) is 2.28. The second-order valence-corrected chi connectivity index (χ2v) is 5.00. The molecule has 0 fully saturated rings. The van der Waals surface area contributed by atoms with Crippen molar-refractivity contribution < 1.29 is 0 Å². The Hall–Kier alpha value is -1.39. The number of fused-ring (bicyclic) bond motifs is 1. The molecule has 18 heavy (non-hydrogen) atoms. The second kappa shape index (κ2) is 5.50. The Kier molecular flexibility index (Phi) is 3.99. The first-order valence-electron chi connectivity index (χ1n) is 6.58. The van der Waals surface area contributed by atoms with Crippen LogP contribution in [0.2, 0.25) is 0 Å². The largest absolute Gasteiger partial charge is 0.271 e. The number of nitrogens with two attached hydrogens (primary N) is 1. The monoisotopic (exact) mass is 246 g/mol. The van der Waals surface area contributed by atoms with Crippen LogP contribution in [-0.2, 0) is 13.0 Å². The molecular formula is C14H22N4. The Labute approximate surface area is 108 Å². The summed E-state index contributed by atoms with van der Waals surface area (Å²) in [4.78, 5) is 0. The number of hydrazine groups is 1. The lowest BCUT2D eigenvalue weighted by Crippen LogP contribution is -2.40. The van der Waals surface area contributed by atoms with Crippen molar-refractivity contribution in [3.8, 4) is 0 Å². The fraction of sp³-hybridized carbons (Fsp3) is 0.500. The average Bonchev–Trinajstić information content (AvgIpc) is 2.74. The molecule has 1 unspecified atom stereocenters. The molecule has 0 saturated carbocycles. The van der Waals surface area contributed by atoms with E-state index in [9.17, 15) is 0 Å². The molecule has 3 N–H and O–H groups in total. The third-order valence-corrected chi connectivity index (χ3v) is 3.47. The van der Waals surface area contributed by atoms with Crippen molar-refractivity contribution in [1.29, 1.82) is 0 Å². The number of para-hydroxylation sites is 1. The van der Waals surface area contributed by atoms with Crippen LogP contribution >= 0.6 is 0 Å². The molecule has 0 aliphatic heterocycles. The number of nitrogens with one attached hydrogen (secondary N) is 1. The number of hydrogen-bond donors (Lipinski definition) is 2. The molecule has 2 aromatic rings. The van der Waals surface area contributed by atoms with Crippen LogP contribution in [0.4, 0.5) is 0 Å². The molecule has 1 atom stereocenters. The quantitative estimate of drug-likeness (QED) is 0.627. The van der Waals surface area contributed by atoms with Gasteiger partial charge in [0.2, 0.25) is 0 Å². The number of aromatic nitrogens is 2. The van der Waals surface area contributed by atoms with Crippen LogP contribution in [0.25, 0.3) is 10.9 Å². The molecule has 0 saturated heterocycles. The van der Waals surface area contributed by atoms with E-state index in [0.717, 1.165) is 18.7 Å². The molecule has 2 rings (SSSR count). The van der Waals surface area contributed by atoms with Crippen molar-refractivity contribution >= 4 is 10.9 Å². The lowest BCUT2D eigenvalue weighted by Gasteiger charge is -2.18. The molecule has 0 aliphatic rings. The molecule has 0 radical (unpaired) electrons. The van der Waals surface area contributed by atoms with Gasteiger partial charge >= 0.3 is 0 Å². The maximum Gasteiger partial charge on any atom is 0.0719 e. The summed E-state index contributed by atoms with van der Waals surface area (Å²) in [6, 6.07) is 8.64. The smallest absolute Gasteiger partial charge is 0.0719 e. The van der Waals surface area contributed by atoms with E-state index in [-0.39, 0.29) is 6.04 Å². The van der Waals surface area contributed by atoms with E-state index in [2.05, 4.69) is 55.1 Å². The molecule has 0 spiro atoms. The summed E-state index contributed by atoms with van der Waals surface area (Å²) in [5, 5.41) is 5.94. The van der Waals surface area contributed by atoms with Gasteiger partial charge in [0.1, 0.15) is 0 Å². The van der Waals surface area contributed by atoms with Crippen molar-refractivity contribution in [2.45, 2.75) is 39.8 Å². The summed E-state index contributed by atoms with van der Waals surface area (Å²) in [5.41, 5.74) is 5.22. The third-order valence-electron chi connectivity index (χ3n) is 3.47. The molecule has 0 amide bonds. The van der Waals surface area contributed by atoms with Crippen LogP contribution in [0.1, 0.15) is 26.5 Å². The summed E-state index contributed by atoms with van der Waals surface area (Å²) in [6.07, 6.45) is 0.863. The standard InChI is InChI=1S/C14H22N4/c1-4-18-14-8-6-5-7-11(14)13(17-18)9-12(16-15)10(2)3/h5-8,10,12,16H,4,9,15H2,1-3H3. The van der Waals surface area contributed by atoms with E-state index in [1.165, 1.54) is 10.9 Å². The highest BCUT2D eigenvalue weighted by Gasteiger charge is 2.16. The van der Waals surface area contributed by atoms with Crippen molar-refractivity contribution in [1.82, 2.24) is 15.2 Å². The lowest BCUT2D eigenvalue weighted by molar-refractivity contribution is 0.401. The number of rotatable bonds is 5. The van der Waals surface area contributed by atoms with Gasteiger partial charge in [-0.2, -0.15) is 5.10 Å². The third kappa shape index (κ3) is 2.40. The fourth-order valence-corrected chi connectivity index (χ4v) is 2.28. The molecule has 1 heterocycles. The van der Waals surface area contributed by atoms with Gasteiger partial charge in [-0.25, -0.2) is 0 Å². The minimum absolute atomic E-state index is 0.258. The summed E-state index contributed by atoms with van der Waals surface area (Å²) in [7, 11) is 0. The van der Waals surface area contributed by atoms with Crippen LogP contribution in [0.5, 0.6) is 0 Å². The number of aryl methyl sites for hydroxylation is 1. The Morgan fingerprint density at radius 2 is 2.06 bits per heavy atom. The summed E-state index contributed by atoms with van der Waals surface area (Å²) in [5.74, 6) is 6.11. The first-order chi connectivity index (χ1) is 8.67. The van der Waals surface area contributed by atoms with Crippen LogP contribution in [0, 0.1) is 5.92 Å². The van der Waals surface area contributed by atoms with Crippen molar-refractivity contribution in [3.05, 3.63) is 30.0 Å². The van der Waals surface area contributed by atoms with Gasteiger partial charge in [0, 0.05) is 24.4 Å². The zero-order chi connectivity index (χ0) is 13.1. The first kappa shape index (κ1) is 13.1. The molecule has 4 heteroatoms. The van der Waals surface area contributed by atoms with Crippen molar-refractivity contribution in [2.75, 3.05) is 0 Å². The first-order valence-corrected chi connectivity index (χ1v) is 6.58. The normalized spacial score (nSPS) is 13.4. The van der Waals surface area contributed by atoms with E-state index in [1.54, 1.807) is 0 Å². The molecule has 98 valence electrons. The maximum atomic E-state index is 5.62. The van der Waals surface area contributed by atoms with E-state index < -0.39 is 0 Å². The van der Waals surface area contributed by atoms with Gasteiger partial charge in [0.25, 0.3) is 0 Å². The summed E-state index contributed by atoms with van der Waals surface area (Å²) < 4.78 is 2.05. The zero-order valence-electron chi connectivity index (χ0n) is 11.4. The van der Waals surface area contributed by atoms with Crippen molar-refractivity contribution in [2.24, 2.45) is 11.8 Å². The highest BCUT2D eigenvalue weighted by atomic mass is 15.3. The Balaban J connectivity index is 2.39. The number of nitrogens with zero attached hydrogens (tertiary/aromatic N) is 2. The number of benzene rings is 1. The van der Waals surface area contributed by atoms with Gasteiger partial charge in [0.05, 0.1) is 11.2 Å². The van der Waals surface area contributed by atoms with E-state index in [1.807, 2.05) is 0 Å². The summed E-state index contributed by atoms with van der Waals surface area (Å²) >= 11 is 0. The van der Waals surface area contributed by atoms with E-state index >= 15 is 0 Å². The van der Waals surface area contributed by atoms with Gasteiger partial charge < -0.3 is 0 Å². The van der Waals surface area contributed by atoms with Crippen LogP contribution in [0.3, 0.4) is 0 Å². The van der Waals surface area contributed by atoms with Crippen LogP contribution < -0.4 is 11.3 Å². The minimum atomic E-state index is 0.258. The molecule has 0 bridgehead atoms. The van der Waals surface area contributed by atoms with Gasteiger partial charge in [-0.1, -0.05) is 32.0 Å². The van der Waals surface area contributed by atoms with E-state index in [4.69, 9.17) is 10.9 Å². The van der Waals surface area contributed by atoms with Crippen LogP contribution in [-0.4, -0.2) is 15.8 Å². The second-order valence-electron chi connectivity index (χ2n) is 5.00. The van der Waals surface area contributed by atoms with Crippen molar-refractivity contribution in [3.63, 3.8) is 0 Å². The number of hydrogen-bond acceptors (Lipinski definition) is 3.